The van der Waals surface area contributed by atoms with E-state index in [4.69, 9.17) is 0 Å². The zero-order chi connectivity index (χ0) is 14.6. The number of rotatable bonds is 4. The van der Waals surface area contributed by atoms with Gasteiger partial charge in [-0.2, -0.15) is 5.26 Å². The summed E-state index contributed by atoms with van der Waals surface area (Å²) >= 11 is 1.74. The molecule has 0 radical (unpaired) electrons. The summed E-state index contributed by atoms with van der Waals surface area (Å²) in [5.74, 6) is 0.140. The van der Waals surface area contributed by atoms with E-state index >= 15 is 0 Å². The average Bonchev–Trinajstić information content (AvgIpc) is 2.90. The first-order chi connectivity index (χ1) is 9.54. The highest BCUT2D eigenvalue weighted by Gasteiger charge is 2.39. The van der Waals surface area contributed by atoms with Crippen LogP contribution >= 0.6 is 11.3 Å². The summed E-state index contributed by atoms with van der Waals surface area (Å²) in [5.41, 5.74) is -0.0869. The van der Waals surface area contributed by atoms with Crippen molar-refractivity contribution in [3.63, 3.8) is 0 Å². The summed E-state index contributed by atoms with van der Waals surface area (Å²) in [7, 11) is 0. The maximum absolute atomic E-state index is 12.4. The largest absolute Gasteiger partial charge is 0.326 e. The summed E-state index contributed by atoms with van der Waals surface area (Å²) in [6.07, 6.45) is 4.39. The second kappa shape index (κ2) is 6.41. The molecule has 0 N–H and O–H groups in total. The van der Waals surface area contributed by atoms with E-state index in [1.54, 1.807) is 16.2 Å². The fraction of sp³-hybridized carbons (Fsp3) is 0.625. The van der Waals surface area contributed by atoms with Gasteiger partial charge in [-0.1, -0.05) is 19.9 Å². The van der Waals surface area contributed by atoms with Crippen molar-refractivity contribution in [2.45, 2.75) is 52.0 Å². The minimum absolute atomic E-state index is 0.0869. The highest BCUT2D eigenvalue weighted by Crippen LogP contribution is 2.35. The molecule has 2 rings (SSSR count). The van der Waals surface area contributed by atoms with Gasteiger partial charge < -0.3 is 4.90 Å². The molecule has 1 aliphatic heterocycles. The van der Waals surface area contributed by atoms with Crippen LogP contribution in [0.15, 0.2) is 17.5 Å². The zero-order valence-corrected chi connectivity index (χ0v) is 13.1. The number of piperidine rings is 1. The van der Waals surface area contributed by atoms with Crippen molar-refractivity contribution in [2.24, 2.45) is 5.41 Å². The Labute approximate surface area is 125 Å². The van der Waals surface area contributed by atoms with E-state index in [1.165, 1.54) is 4.88 Å². The van der Waals surface area contributed by atoms with Crippen LogP contribution in [0.4, 0.5) is 0 Å². The van der Waals surface area contributed by atoms with E-state index in [9.17, 15) is 10.1 Å². The van der Waals surface area contributed by atoms with Crippen molar-refractivity contribution in [3.05, 3.63) is 22.4 Å². The standard InChI is InChI=1S/C16H22N2OS/c1-16(2)9-5-10-18(14(16)12-17)15(19)8-3-6-13-7-4-11-20-13/h4,7,11,14H,3,5-6,8-10H2,1-2H3. The molecule has 0 aliphatic carbocycles. The molecule has 1 unspecified atom stereocenters. The van der Waals surface area contributed by atoms with Gasteiger partial charge in [-0.25, -0.2) is 0 Å². The highest BCUT2D eigenvalue weighted by atomic mass is 32.1. The Balaban J connectivity index is 1.89. The molecule has 1 amide bonds. The molecule has 1 aliphatic rings. The number of thiophene rings is 1. The molecule has 4 heteroatoms. The fourth-order valence-electron chi connectivity index (χ4n) is 2.92. The third-order valence-corrected chi connectivity index (χ3v) is 5.04. The number of nitrogens with zero attached hydrogens (tertiary/aromatic N) is 2. The van der Waals surface area contributed by atoms with Gasteiger partial charge in [0.15, 0.2) is 0 Å². The van der Waals surface area contributed by atoms with Crippen molar-refractivity contribution in [2.75, 3.05) is 6.54 Å². The van der Waals surface area contributed by atoms with Crippen LogP contribution in [0, 0.1) is 16.7 Å². The van der Waals surface area contributed by atoms with Crippen LogP contribution in [0.5, 0.6) is 0 Å². The Morgan fingerprint density at radius 1 is 1.60 bits per heavy atom. The topological polar surface area (TPSA) is 44.1 Å². The van der Waals surface area contributed by atoms with E-state index < -0.39 is 0 Å². The molecule has 0 spiro atoms. The van der Waals surface area contributed by atoms with Crippen LogP contribution in [0.2, 0.25) is 0 Å². The molecule has 2 heterocycles. The van der Waals surface area contributed by atoms with E-state index in [0.717, 1.165) is 32.2 Å². The van der Waals surface area contributed by atoms with Gasteiger partial charge in [0.25, 0.3) is 0 Å². The van der Waals surface area contributed by atoms with Crippen LogP contribution in [0.1, 0.15) is 44.4 Å². The molecular formula is C16H22N2OS. The Morgan fingerprint density at radius 2 is 2.40 bits per heavy atom. The zero-order valence-electron chi connectivity index (χ0n) is 12.3. The van der Waals surface area contributed by atoms with Gasteiger partial charge in [0.1, 0.15) is 6.04 Å². The maximum atomic E-state index is 12.4. The minimum Gasteiger partial charge on any atom is -0.326 e. The summed E-state index contributed by atoms with van der Waals surface area (Å²) in [5, 5.41) is 11.4. The summed E-state index contributed by atoms with van der Waals surface area (Å²) in [4.78, 5) is 15.5. The summed E-state index contributed by atoms with van der Waals surface area (Å²) < 4.78 is 0. The first-order valence-corrected chi connectivity index (χ1v) is 8.14. The Bertz CT molecular complexity index is 487. The number of carbonyl (C=O) groups is 1. The molecule has 1 atom stereocenters. The SMILES string of the molecule is CC1(C)CCCN(C(=O)CCCc2cccs2)C1C#N. The molecule has 0 bridgehead atoms. The molecule has 1 fully saturated rings. The van der Waals surface area contributed by atoms with Crippen LogP contribution in [0.3, 0.4) is 0 Å². The molecular weight excluding hydrogens is 268 g/mol. The summed E-state index contributed by atoms with van der Waals surface area (Å²) in [6, 6.07) is 6.21. The fourth-order valence-corrected chi connectivity index (χ4v) is 3.67. The molecule has 108 valence electrons. The third kappa shape index (κ3) is 3.40. The Morgan fingerprint density at radius 3 is 3.05 bits per heavy atom. The van der Waals surface area contributed by atoms with Crippen LogP contribution in [-0.2, 0) is 11.2 Å². The molecule has 1 aromatic heterocycles. The third-order valence-electron chi connectivity index (χ3n) is 4.11. The van der Waals surface area contributed by atoms with Crippen molar-refractivity contribution in [1.82, 2.24) is 4.90 Å². The van der Waals surface area contributed by atoms with E-state index in [0.29, 0.717) is 6.42 Å². The van der Waals surface area contributed by atoms with Gasteiger partial charge in [0.2, 0.25) is 5.91 Å². The number of aryl methyl sites for hydroxylation is 1. The summed E-state index contributed by atoms with van der Waals surface area (Å²) in [6.45, 7) is 4.91. The van der Waals surface area contributed by atoms with Crippen molar-refractivity contribution >= 4 is 17.2 Å². The van der Waals surface area contributed by atoms with Gasteiger partial charge in [-0.3, -0.25) is 4.79 Å². The predicted octanol–water partition coefficient (Wildman–Crippen LogP) is 3.61. The van der Waals surface area contributed by atoms with Crippen LogP contribution in [-0.4, -0.2) is 23.4 Å². The minimum atomic E-state index is -0.273. The first kappa shape index (κ1) is 15.1. The molecule has 20 heavy (non-hydrogen) atoms. The Hall–Kier alpha value is -1.34. The maximum Gasteiger partial charge on any atom is 0.223 e. The molecule has 1 saturated heterocycles. The number of likely N-dealkylation sites (tertiary alicyclic amines) is 1. The second-order valence-corrected chi connectivity index (χ2v) is 7.18. The van der Waals surface area contributed by atoms with Gasteiger partial charge in [-0.15, -0.1) is 11.3 Å². The van der Waals surface area contributed by atoms with Gasteiger partial charge >= 0.3 is 0 Å². The molecule has 0 aromatic carbocycles. The van der Waals surface area contributed by atoms with E-state index in [2.05, 4.69) is 31.4 Å². The van der Waals surface area contributed by atoms with E-state index in [1.807, 2.05) is 6.07 Å². The highest BCUT2D eigenvalue weighted by molar-refractivity contribution is 7.09. The van der Waals surface area contributed by atoms with Crippen molar-refractivity contribution < 1.29 is 4.79 Å². The predicted molar refractivity (Wildman–Crippen MR) is 81.4 cm³/mol. The lowest BCUT2D eigenvalue weighted by molar-refractivity contribution is -0.136. The van der Waals surface area contributed by atoms with Crippen LogP contribution in [0.25, 0.3) is 0 Å². The number of nitriles is 1. The smallest absolute Gasteiger partial charge is 0.223 e. The number of carbonyl (C=O) groups excluding carboxylic acids is 1. The van der Waals surface area contributed by atoms with Gasteiger partial charge in [0, 0.05) is 17.8 Å². The Kier molecular flexibility index (Phi) is 4.82. The van der Waals surface area contributed by atoms with Crippen molar-refractivity contribution in [3.8, 4) is 6.07 Å². The lowest BCUT2D eigenvalue weighted by Crippen LogP contribution is -2.51. The monoisotopic (exact) mass is 290 g/mol. The molecule has 1 aromatic rings. The average molecular weight is 290 g/mol. The van der Waals surface area contributed by atoms with Crippen LogP contribution < -0.4 is 0 Å². The lowest BCUT2D eigenvalue weighted by Gasteiger charge is -2.42. The number of hydrogen-bond acceptors (Lipinski definition) is 3. The molecule has 0 saturated carbocycles. The molecule has 3 nitrogen and oxygen atoms in total. The number of hydrogen-bond donors (Lipinski definition) is 0. The first-order valence-electron chi connectivity index (χ1n) is 7.26. The van der Waals surface area contributed by atoms with E-state index in [-0.39, 0.29) is 17.4 Å². The van der Waals surface area contributed by atoms with Gasteiger partial charge in [-0.05, 0) is 42.5 Å². The number of amides is 1. The second-order valence-electron chi connectivity index (χ2n) is 6.14. The van der Waals surface area contributed by atoms with Crippen molar-refractivity contribution in [1.29, 1.82) is 5.26 Å². The normalized spacial score (nSPS) is 21.4. The lowest BCUT2D eigenvalue weighted by atomic mass is 9.77. The van der Waals surface area contributed by atoms with Gasteiger partial charge in [0.05, 0.1) is 6.07 Å². The quantitative estimate of drug-likeness (QED) is 0.850.